The third kappa shape index (κ3) is 3.17. The number of hydrogen-bond donors (Lipinski definition) is 1. The molecule has 0 fully saturated rings. The fourth-order valence-electron chi connectivity index (χ4n) is 1.89. The molecule has 0 saturated carbocycles. The average molecular weight is 311 g/mol. The summed E-state index contributed by atoms with van der Waals surface area (Å²) in [6.07, 6.45) is 0. The zero-order valence-electron chi connectivity index (χ0n) is 11.4. The normalized spacial score (nSPS) is 10.4. The summed E-state index contributed by atoms with van der Waals surface area (Å²) in [5.74, 6) is 1.38. The Labute approximate surface area is 128 Å². The molecule has 1 aromatic carbocycles. The number of aromatic nitrogens is 1. The van der Waals surface area contributed by atoms with Gasteiger partial charge in [-0.25, -0.2) is 4.98 Å². The lowest BCUT2D eigenvalue weighted by molar-refractivity contribution is 0.341. The first kappa shape index (κ1) is 14.9. The lowest BCUT2D eigenvalue weighted by Crippen LogP contribution is -2.02. The number of halogens is 2. The molecule has 0 unspecified atom stereocenters. The highest BCUT2D eigenvalue weighted by atomic mass is 35.5. The van der Waals surface area contributed by atoms with Gasteiger partial charge >= 0.3 is 0 Å². The van der Waals surface area contributed by atoms with Gasteiger partial charge in [0.1, 0.15) is 11.6 Å². The second kappa shape index (κ2) is 6.82. The van der Waals surface area contributed by atoms with Gasteiger partial charge in [0, 0.05) is 12.1 Å². The molecule has 3 nitrogen and oxygen atoms in total. The molecule has 0 aliphatic heterocycles. The van der Waals surface area contributed by atoms with Gasteiger partial charge in [0.15, 0.2) is 0 Å². The highest BCUT2D eigenvalue weighted by Crippen LogP contribution is 2.36. The van der Waals surface area contributed by atoms with Crippen molar-refractivity contribution in [1.82, 2.24) is 4.98 Å². The van der Waals surface area contributed by atoms with E-state index in [-0.39, 0.29) is 0 Å². The fourth-order valence-corrected chi connectivity index (χ4v) is 2.42. The molecule has 2 aromatic rings. The number of nitrogens with zero attached hydrogens (tertiary/aromatic N) is 1. The molecule has 0 bridgehead atoms. The van der Waals surface area contributed by atoms with E-state index in [0.29, 0.717) is 28.2 Å². The van der Waals surface area contributed by atoms with Crippen molar-refractivity contribution in [1.29, 1.82) is 0 Å². The Morgan fingerprint density at radius 1 is 1.15 bits per heavy atom. The number of para-hydroxylation sites is 1. The topological polar surface area (TPSA) is 34.2 Å². The minimum absolute atomic E-state index is 0.504. The number of pyridine rings is 1. The second-order valence-corrected chi connectivity index (χ2v) is 4.92. The van der Waals surface area contributed by atoms with Gasteiger partial charge in [-0.2, -0.15) is 0 Å². The number of hydrogen-bond acceptors (Lipinski definition) is 3. The Morgan fingerprint density at radius 3 is 2.60 bits per heavy atom. The predicted molar refractivity (Wildman–Crippen MR) is 85.0 cm³/mol. The molecule has 5 heteroatoms. The molecule has 20 heavy (non-hydrogen) atoms. The number of benzene rings is 1. The lowest BCUT2D eigenvalue weighted by atomic mass is 10.1. The monoisotopic (exact) mass is 310 g/mol. The highest BCUT2D eigenvalue weighted by Gasteiger charge is 2.14. The molecule has 0 amide bonds. The minimum atomic E-state index is 0.504. The molecule has 1 N–H and O–H groups in total. The smallest absolute Gasteiger partial charge is 0.145 e. The summed E-state index contributed by atoms with van der Waals surface area (Å²) < 4.78 is 5.62. The van der Waals surface area contributed by atoms with E-state index in [1.807, 2.05) is 38.1 Å². The van der Waals surface area contributed by atoms with Crippen molar-refractivity contribution in [2.24, 2.45) is 0 Å². The van der Waals surface area contributed by atoms with Crippen LogP contribution in [0.4, 0.5) is 5.82 Å². The fraction of sp³-hybridized carbons (Fsp3) is 0.267. The van der Waals surface area contributed by atoms with Crippen molar-refractivity contribution in [3.05, 3.63) is 40.4 Å². The summed E-state index contributed by atoms with van der Waals surface area (Å²) in [4.78, 5) is 4.52. The predicted octanol–water partition coefficient (Wildman–Crippen LogP) is 4.89. The van der Waals surface area contributed by atoms with Crippen molar-refractivity contribution < 1.29 is 4.74 Å². The van der Waals surface area contributed by atoms with E-state index < -0.39 is 0 Å². The van der Waals surface area contributed by atoms with Crippen LogP contribution < -0.4 is 10.1 Å². The van der Waals surface area contributed by atoms with Crippen molar-refractivity contribution >= 4 is 29.0 Å². The molecule has 0 atom stereocenters. The van der Waals surface area contributed by atoms with Gasteiger partial charge in [0.2, 0.25) is 0 Å². The maximum Gasteiger partial charge on any atom is 0.145 e. The first-order valence-electron chi connectivity index (χ1n) is 6.49. The zero-order chi connectivity index (χ0) is 14.5. The zero-order valence-corrected chi connectivity index (χ0v) is 12.9. The number of rotatable bonds is 5. The molecule has 106 valence electrons. The summed E-state index contributed by atoms with van der Waals surface area (Å²) in [5, 5.41) is 4.13. The van der Waals surface area contributed by atoms with E-state index in [9.17, 15) is 0 Å². The van der Waals surface area contributed by atoms with Crippen LogP contribution in [-0.2, 0) is 0 Å². The van der Waals surface area contributed by atoms with Crippen LogP contribution in [0.1, 0.15) is 13.8 Å². The Balaban J connectivity index is 2.54. The third-order valence-corrected chi connectivity index (χ3v) is 3.29. The van der Waals surface area contributed by atoms with Gasteiger partial charge in [0.05, 0.1) is 22.3 Å². The summed E-state index contributed by atoms with van der Waals surface area (Å²) >= 11 is 12.4. The van der Waals surface area contributed by atoms with Crippen LogP contribution in [0.25, 0.3) is 11.3 Å². The Hall–Kier alpha value is -1.45. The van der Waals surface area contributed by atoms with Crippen LogP contribution in [0.5, 0.6) is 5.75 Å². The van der Waals surface area contributed by atoms with E-state index in [0.717, 1.165) is 17.9 Å². The first-order valence-corrected chi connectivity index (χ1v) is 7.25. The van der Waals surface area contributed by atoms with Crippen LogP contribution in [0, 0.1) is 0 Å². The summed E-state index contributed by atoms with van der Waals surface area (Å²) in [6, 6.07) is 9.38. The Morgan fingerprint density at radius 2 is 1.90 bits per heavy atom. The van der Waals surface area contributed by atoms with Crippen LogP contribution >= 0.6 is 23.2 Å². The van der Waals surface area contributed by atoms with E-state index in [1.165, 1.54) is 0 Å². The second-order valence-electron chi connectivity index (χ2n) is 4.11. The van der Waals surface area contributed by atoms with E-state index in [2.05, 4.69) is 10.3 Å². The maximum absolute atomic E-state index is 6.28. The lowest BCUT2D eigenvalue weighted by Gasteiger charge is -2.13. The molecule has 2 rings (SSSR count). The van der Waals surface area contributed by atoms with Crippen molar-refractivity contribution in [2.45, 2.75) is 13.8 Å². The van der Waals surface area contributed by atoms with E-state index >= 15 is 0 Å². The summed E-state index contributed by atoms with van der Waals surface area (Å²) in [7, 11) is 0. The van der Waals surface area contributed by atoms with Crippen LogP contribution in [0.15, 0.2) is 30.3 Å². The van der Waals surface area contributed by atoms with Gasteiger partial charge in [-0.15, -0.1) is 0 Å². The maximum atomic E-state index is 6.28. The SMILES string of the molecule is CCNc1nc(-c2ccccc2OCC)c(Cl)cc1Cl. The highest BCUT2D eigenvalue weighted by molar-refractivity contribution is 6.37. The molecule has 0 aliphatic rings. The quantitative estimate of drug-likeness (QED) is 0.854. The number of anilines is 1. The third-order valence-electron chi connectivity index (χ3n) is 2.72. The standard InChI is InChI=1S/C15H16Cl2N2O/c1-3-18-15-12(17)9-11(16)14(19-15)10-7-5-6-8-13(10)20-4-2/h5-9H,3-4H2,1-2H3,(H,18,19). The largest absolute Gasteiger partial charge is 0.493 e. The molecule has 0 saturated heterocycles. The first-order chi connectivity index (χ1) is 9.67. The molecule has 0 radical (unpaired) electrons. The van der Waals surface area contributed by atoms with Crippen molar-refractivity contribution in [3.8, 4) is 17.0 Å². The van der Waals surface area contributed by atoms with Crippen molar-refractivity contribution in [2.75, 3.05) is 18.5 Å². The minimum Gasteiger partial charge on any atom is -0.493 e. The molecule has 0 aliphatic carbocycles. The average Bonchev–Trinajstić information content (AvgIpc) is 2.43. The van der Waals surface area contributed by atoms with Gasteiger partial charge in [-0.1, -0.05) is 35.3 Å². The van der Waals surface area contributed by atoms with Gasteiger partial charge in [-0.05, 0) is 32.0 Å². The summed E-state index contributed by atoms with van der Waals surface area (Å²) in [6.45, 7) is 5.25. The molecule has 0 spiro atoms. The van der Waals surface area contributed by atoms with Gasteiger partial charge < -0.3 is 10.1 Å². The molecule has 1 heterocycles. The molecule has 1 aromatic heterocycles. The summed E-state index contributed by atoms with van der Waals surface area (Å²) in [5.41, 5.74) is 1.52. The van der Waals surface area contributed by atoms with Crippen LogP contribution in [-0.4, -0.2) is 18.1 Å². The number of ether oxygens (including phenoxy) is 1. The van der Waals surface area contributed by atoms with Gasteiger partial charge in [-0.3, -0.25) is 0 Å². The van der Waals surface area contributed by atoms with Crippen LogP contribution in [0.2, 0.25) is 10.0 Å². The van der Waals surface area contributed by atoms with Crippen LogP contribution in [0.3, 0.4) is 0 Å². The van der Waals surface area contributed by atoms with Crippen molar-refractivity contribution in [3.63, 3.8) is 0 Å². The van der Waals surface area contributed by atoms with Gasteiger partial charge in [0.25, 0.3) is 0 Å². The Bertz CT molecular complexity index is 602. The van der Waals surface area contributed by atoms with E-state index in [4.69, 9.17) is 27.9 Å². The Kier molecular flexibility index (Phi) is 5.10. The van der Waals surface area contributed by atoms with E-state index in [1.54, 1.807) is 6.07 Å². The molecular formula is C15H16Cl2N2O. The molecular weight excluding hydrogens is 295 g/mol. The number of nitrogens with one attached hydrogen (secondary N) is 1.